The maximum absolute atomic E-state index is 13.2. The second-order valence-electron chi connectivity index (χ2n) is 5.25. The van der Waals surface area contributed by atoms with Crippen LogP contribution in [0, 0.1) is 11.6 Å². The highest BCUT2D eigenvalue weighted by molar-refractivity contribution is 7.07. The van der Waals surface area contributed by atoms with Crippen molar-refractivity contribution in [2.45, 2.75) is 18.8 Å². The van der Waals surface area contributed by atoms with Crippen molar-refractivity contribution in [2.75, 3.05) is 13.1 Å². The second-order valence-corrected chi connectivity index (χ2v) is 6.03. The van der Waals surface area contributed by atoms with E-state index in [9.17, 15) is 13.6 Å². The molecule has 2 aromatic rings. The van der Waals surface area contributed by atoms with E-state index in [-0.39, 0.29) is 11.5 Å². The number of likely N-dealkylation sites (tertiary alicyclic amines) is 1. The zero-order valence-corrected chi connectivity index (χ0v) is 12.2. The van der Waals surface area contributed by atoms with Crippen LogP contribution in [0.25, 0.3) is 0 Å². The molecule has 2 heterocycles. The normalized spacial score (nSPS) is 16.2. The lowest BCUT2D eigenvalue weighted by atomic mass is 9.91. The summed E-state index contributed by atoms with van der Waals surface area (Å²) in [7, 11) is 0. The molecule has 1 aliphatic rings. The first-order valence-corrected chi connectivity index (χ1v) is 7.86. The minimum atomic E-state index is -0.978. The predicted molar refractivity (Wildman–Crippen MR) is 78.6 cm³/mol. The van der Waals surface area contributed by atoms with E-state index in [1.165, 1.54) is 11.6 Å². The zero-order chi connectivity index (χ0) is 14.8. The van der Waals surface area contributed by atoms with Crippen LogP contribution >= 0.6 is 11.3 Å². The van der Waals surface area contributed by atoms with Crippen molar-refractivity contribution >= 4 is 17.2 Å². The Morgan fingerprint density at radius 3 is 2.52 bits per heavy atom. The highest BCUT2D eigenvalue weighted by Crippen LogP contribution is 2.30. The third kappa shape index (κ3) is 2.97. The number of amides is 1. The van der Waals surface area contributed by atoms with Crippen LogP contribution in [0.2, 0.25) is 0 Å². The molecule has 5 heteroatoms. The van der Waals surface area contributed by atoms with Gasteiger partial charge in [-0.05, 0) is 59.3 Å². The first kappa shape index (κ1) is 14.2. The van der Waals surface area contributed by atoms with Gasteiger partial charge in [-0.15, -0.1) is 0 Å². The Labute approximate surface area is 126 Å². The Morgan fingerprint density at radius 1 is 1.14 bits per heavy atom. The molecule has 21 heavy (non-hydrogen) atoms. The molecule has 0 saturated carbocycles. The molecule has 110 valence electrons. The van der Waals surface area contributed by atoms with Crippen LogP contribution in [0.4, 0.5) is 8.78 Å². The molecule has 1 amide bonds. The lowest BCUT2D eigenvalue weighted by Gasteiger charge is -2.32. The van der Waals surface area contributed by atoms with Crippen molar-refractivity contribution in [3.05, 3.63) is 57.8 Å². The maximum atomic E-state index is 13.2. The van der Waals surface area contributed by atoms with Gasteiger partial charge in [-0.2, -0.15) is 11.3 Å². The fourth-order valence-electron chi connectivity index (χ4n) is 2.73. The minimum absolute atomic E-state index is 0.211. The van der Waals surface area contributed by atoms with Gasteiger partial charge in [0.05, 0.1) is 0 Å². The van der Waals surface area contributed by atoms with Gasteiger partial charge in [-0.1, -0.05) is 0 Å². The van der Waals surface area contributed by atoms with E-state index in [0.29, 0.717) is 19.0 Å². The Kier molecular flexibility index (Phi) is 4.01. The number of rotatable bonds is 2. The van der Waals surface area contributed by atoms with E-state index >= 15 is 0 Å². The summed E-state index contributed by atoms with van der Waals surface area (Å²) in [5.41, 5.74) is 1.54. The van der Waals surface area contributed by atoms with Gasteiger partial charge in [0, 0.05) is 18.7 Å². The molecule has 1 saturated heterocycles. The second kappa shape index (κ2) is 5.93. The fraction of sp³-hybridized carbons (Fsp3) is 0.312. The molecule has 3 rings (SSSR count). The number of hydrogen-bond donors (Lipinski definition) is 0. The average molecular weight is 307 g/mol. The van der Waals surface area contributed by atoms with Gasteiger partial charge in [0.1, 0.15) is 0 Å². The molecule has 0 radical (unpaired) electrons. The van der Waals surface area contributed by atoms with Crippen LogP contribution in [0.15, 0.2) is 35.0 Å². The molecule has 0 spiro atoms. The SMILES string of the molecule is O=C(c1ccc(F)c(F)c1)N1CCC(c2ccsc2)CC1. The Balaban J connectivity index is 1.66. The summed E-state index contributed by atoms with van der Waals surface area (Å²) in [6.45, 7) is 1.30. The maximum Gasteiger partial charge on any atom is 0.253 e. The minimum Gasteiger partial charge on any atom is -0.339 e. The number of nitrogens with zero attached hydrogens (tertiary/aromatic N) is 1. The monoisotopic (exact) mass is 307 g/mol. The van der Waals surface area contributed by atoms with Crippen LogP contribution in [0.5, 0.6) is 0 Å². The molecular formula is C16H15F2NOS. The van der Waals surface area contributed by atoms with Gasteiger partial charge in [0.2, 0.25) is 0 Å². The van der Waals surface area contributed by atoms with E-state index in [0.717, 1.165) is 25.0 Å². The number of halogens is 2. The molecule has 1 aromatic heterocycles. The quantitative estimate of drug-likeness (QED) is 0.820. The topological polar surface area (TPSA) is 20.3 Å². The van der Waals surface area contributed by atoms with Gasteiger partial charge in [-0.3, -0.25) is 4.79 Å². The summed E-state index contributed by atoms with van der Waals surface area (Å²) in [5.74, 6) is -1.64. The highest BCUT2D eigenvalue weighted by Gasteiger charge is 2.25. The van der Waals surface area contributed by atoms with Crippen molar-refractivity contribution < 1.29 is 13.6 Å². The summed E-state index contributed by atoms with van der Waals surface area (Å²) >= 11 is 1.68. The first-order chi connectivity index (χ1) is 10.1. The molecule has 0 bridgehead atoms. The molecule has 1 fully saturated rings. The van der Waals surface area contributed by atoms with Crippen molar-refractivity contribution in [3.63, 3.8) is 0 Å². The van der Waals surface area contributed by atoms with E-state index in [4.69, 9.17) is 0 Å². The van der Waals surface area contributed by atoms with Crippen molar-refractivity contribution in [3.8, 4) is 0 Å². The van der Waals surface area contributed by atoms with Crippen molar-refractivity contribution in [1.29, 1.82) is 0 Å². The number of thiophene rings is 1. The van der Waals surface area contributed by atoms with E-state index in [2.05, 4.69) is 16.8 Å². The number of piperidine rings is 1. The number of carbonyl (C=O) groups is 1. The molecular weight excluding hydrogens is 292 g/mol. The Hall–Kier alpha value is -1.75. The lowest BCUT2D eigenvalue weighted by molar-refractivity contribution is 0.0712. The van der Waals surface area contributed by atoms with Gasteiger partial charge in [-0.25, -0.2) is 8.78 Å². The molecule has 0 aliphatic carbocycles. The summed E-state index contributed by atoms with van der Waals surface area (Å²) in [5, 5.41) is 4.21. The van der Waals surface area contributed by atoms with Crippen molar-refractivity contribution in [2.24, 2.45) is 0 Å². The molecule has 1 aliphatic heterocycles. The fourth-order valence-corrected chi connectivity index (χ4v) is 3.48. The smallest absolute Gasteiger partial charge is 0.253 e. The van der Waals surface area contributed by atoms with Crippen LogP contribution in [0.3, 0.4) is 0 Å². The largest absolute Gasteiger partial charge is 0.339 e. The van der Waals surface area contributed by atoms with Crippen LogP contribution in [-0.4, -0.2) is 23.9 Å². The number of hydrogen-bond acceptors (Lipinski definition) is 2. The number of benzene rings is 1. The van der Waals surface area contributed by atoms with E-state index < -0.39 is 11.6 Å². The summed E-state index contributed by atoms with van der Waals surface area (Å²) in [4.78, 5) is 14.0. The number of carbonyl (C=O) groups excluding carboxylic acids is 1. The third-order valence-electron chi connectivity index (χ3n) is 3.96. The highest BCUT2D eigenvalue weighted by atomic mass is 32.1. The predicted octanol–water partition coefficient (Wildman–Crippen LogP) is 4.05. The zero-order valence-electron chi connectivity index (χ0n) is 11.4. The summed E-state index contributed by atoms with van der Waals surface area (Å²) < 4.78 is 26.1. The molecule has 0 atom stereocenters. The summed E-state index contributed by atoms with van der Waals surface area (Å²) in [6.07, 6.45) is 1.82. The Morgan fingerprint density at radius 2 is 1.90 bits per heavy atom. The Bertz CT molecular complexity index is 634. The van der Waals surface area contributed by atoms with Crippen LogP contribution in [-0.2, 0) is 0 Å². The van der Waals surface area contributed by atoms with Crippen LogP contribution < -0.4 is 0 Å². The molecule has 1 aromatic carbocycles. The molecule has 0 N–H and O–H groups in total. The van der Waals surface area contributed by atoms with Gasteiger partial charge in [0.25, 0.3) is 5.91 Å². The average Bonchev–Trinajstić information content (AvgIpc) is 3.04. The third-order valence-corrected chi connectivity index (χ3v) is 4.66. The standard InChI is InChI=1S/C16H15F2NOS/c17-14-2-1-12(9-15(14)18)16(20)19-6-3-11(4-7-19)13-5-8-21-10-13/h1-2,5,8-11H,3-4,6-7H2. The summed E-state index contributed by atoms with van der Waals surface area (Å²) in [6, 6.07) is 5.44. The van der Waals surface area contributed by atoms with E-state index in [1.54, 1.807) is 16.2 Å². The first-order valence-electron chi connectivity index (χ1n) is 6.91. The van der Waals surface area contributed by atoms with Gasteiger partial charge < -0.3 is 4.90 Å². The molecule has 2 nitrogen and oxygen atoms in total. The van der Waals surface area contributed by atoms with Crippen molar-refractivity contribution in [1.82, 2.24) is 4.90 Å². The van der Waals surface area contributed by atoms with Crippen LogP contribution in [0.1, 0.15) is 34.7 Å². The van der Waals surface area contributed by atoms with Gasteiger partial charge >= 0.3 is 0 Å². The molecule has 0 unspecified atom stereocenters. The van der Waals surface area contributed by atoms with Gasteiger partial charge in [0.15, 0.2) is 11.6 Å². The van der Waals surface area contributed by atoms with E-state index in [1.807, 2.05) is 0 Å². The lowest BCUT2D eigenvalue weighted by Crippen LogP contribution is -2.37.